The highest BCUT2D eigenvalue weighted by Crippen LogP contribution is 2.21. The van der Waals surface area contributed by atoms with E-state index in [1.165, 1.54) is 0 Å². The van der Waals surface area contributed by atoms with Crippen molar-refractivity contribution in [3.63, 3.8) is 0 Å². The molecule has 1 aliphatic rings. The van der Waals surface area contributed by atoms with Crippen LogP contribution in [0, 0.1) is 20.8 Å². The minimum absolute atomic E-state index is 0.0375. The highest BCUT2D eigenvalue weighted by Gasteiger charge is 2.21. The summed E-state index contributed by atoms with van der Waals surface area (Å²) in [4.78, 5) is 16.8. The van der Waals surface area contributed by atoms with Gasteiger partial charge in [0.15, 0.2) is 0 Å². The van der Waals surface area contributed by atoms with Crippen LogP contribution >= 0.6 is 0 Å². The van der Waals surface area contributed by atoms with Gasteiger partial charge in [-0.2, -0.15) is 0 Å². The molecular weight excluding hydrogens is 342 g/mol. The Bertz CT molecular complexity index is 814. The fourth-order valence-corrected chi connectivity index (χ4v) is 3.33. The van der Waals surface area contributed by atoms with Gasteiger partial charge in [0.25, 0.3) is 0 Å². The maximum absolute atomic E-state index is 12.5. The van der Waals surface area contributed by atoms with Crippen molar-refractivity contribution in [1.29, 1.82) is 0 Å². The van der Waals surface area contributed by atoms with Gasteiger partial charge >= 0.3 is 0 Å². The van der Waals surface area contributed by atoms with Crippen LogP contribution in [0.5, 0.6) is 5.75 Å². The Hall–Kier alpha value is -2.60. The molecule has 0 bridgehead atoms. The summed E-state index contributed by atoms with van der Waals surface area (Å²) in [5.41, 5.74) is 4.15. The Kier molecular flexibility index (Phi) is 5.96. The van der Waals surface area contributed by atoms with Crippen LogP contribution in [0.25, 0.3) is 6.08 Å². The molecule has 1 amide bonds. The molecule has 2 heterocycles. The van der Waals surface area contributed by atoms with Crippen molar-refractivity contribution in [2.24, 2.45) is 0 Å². The van der Waals surface area contributed by atoms with Crippen molar-refractivity contribution < 1.29 is 14.1 Å². The van der Waals surface area contributed by atoms with Gasteiger partial charge in [0.1, 0.15) is 11.5 Å². The Morgan fingerprint density at radius 2 is 1.96 bits per heavy atom. The molecule has 1 fully saturated rings. The van der Waals surface area contributed by atoms with Gasteiger partial charge in [-0.3, -0.25) is 9.69 Å². The van der Waals surface area contributed by atoms with Crippen molar-refractivity contribution in [3.8, 4) is 5.75 Å². The number of methoxy groups -OCH3 is 1. The average Bonchev–Trinajstić information content (AvgIpc) is 2.99. The summed E-state index contributed by atoms with van der Waals surface area (Å²) in [7, 11) is 1.64. The molecule has 0 unspecified atom stereocenters. The number of amides is 1. The van der Waals surface area contributed by atoms with Gasteiger partial charge in [-0.05, 0) is 39.0 Å². The summed E-state index contributed by atoms with van der Waals surface area (Å²) in [6, 6.07) is 5.94. The summed E-state index contributed by atoms with van der Waals surface area (Å²) >= 11 is 0. The van der Waals surface area contributed by atoms with Crippen molar-refractivity contribution in [1.82, 2.24) is 15.0 Å². The first-order valence-corrected chi connectivity index (χ1v) is 9.23. The van der Waals surface area contributed by atoms with E-state index < -0.39 is 0 Å². The predicted octanol–water partition coefficient (Wildman–Crippen LogP) is 2.97. The fourth-order valence-electron chi connectivity index (χ4n) is 3.33. The normalized spacial score (nSPS) is 15.5. The molecule has 6 nitrogen and oxygen atoms in total. The molecule has 0 atom stereocenters. The zero-order valence-electron chi connectivity index (χ0n) is 16.5. The third kappa shape index (κ3) is 4.57. The Morgan fingerprint density at radius 3 is 2.59 bits per heavy atom. The van der Waals surface area contributed by atoms with Gasteiger partial charge in [-0.25, -0.2) is 0 Å². The van der Waals surface area contributed by atoms with E-state index in [1.807, 2.05) is 49.9 Å². The molecule has 27 heavy (non-hydrogen) atoms. The number of aryl methyl sites for hydroxylation is 3. The van der Waals surface area contributed by atoms with Gasteiger partial charge in [-0.15, -0.1) is 0 Å². The molecule has 144 valence electrons. The second-order valence-corrected chi connectivity index (χ2v) is 6.98. The first-order chi connectivity index (χ1) is 13.0. The van der Waals surface area contributed by atoms with Gasteiger partial charge < -0.3 is 14.2 Å². The Morgan fingerprint density at radius 1 is 1.22 bits per heavy atom. The molecule has 0 aliphatic carbocycles. The lowest BCUT2D eigenvalue weighted by molar-refractivity contribution is -0.127. The topological polar surface area (TPSA) is 58.8 Å². The fraction of sp³-hybridized carbons (Fsp3) is 0.429. The van der Waals surface area contributed by atoms with E-state index in [9.17, 15) is 4.79 Å². The summed E-state index contributed by atoms with van der Waals surface area (Å²) in [5.74, 6) is 1.69. The van der Waals surface area contributed by atoms with E-state index >= 15 is 0 Å². The zero-order valence-corrected chi connectivity index (χ0v) is 16.5. The summed E-state index contributed by atoms with van der Waals surface area (Å²) in [5, 5.41) is 4.01. The third-order valence-corrected chi connectivity index (χ3v) is 5.04. The Labute approximate surface area is 160 Å². The smallest absolute Gasteiger partial charge is 0.246 e. The summed E-state index contributed by atoms with van der Waals surface area (Å²) < 4.78 is 10.6. The molecule has 3 rings (SSSR count). The number of piperazine rings is 1. The SMILES string of the molecule is COc1ccc(C)cc1/C=C/C(=O)N1CCN(Cc2c(C)noc2C)CC1. The molecule has 1 saturated heterocycles. The van der Waals surface area contributed by atoms with Crippen molar-refractivity contribution in [2.75, 3.05) is 33.3 Å². The molecule has 6 heteroatoms. The first-order valence-electron chi connectivity index (χ1n) is 9.23. The third-order valence-electron chi connectivity index (χ3n) is 5.04. The number of carbonyl (C=O) groups is 1. The number of benzene rings is 1. The number of carbonyl (C=O) groups excluding carboxylic acids is 1. The molecule has 1 aromatic carbocycles. The van der Waals surface area contributed by atoms with Crippen LogP contribution in [0.2, 0.25) is 0 Å². The minimum Gasteiger partial charge on any atom is -0.496 e. The number of nitrogens with zero attached hydrogens (tertiary/aromatic N) is 3. The Balaban J connectivity index is 1.56. The molecule has 1 aromatic heterocycles. The second-order valence-electron chi connectivity index (χ2n) is 6.98. The van der Waals surface area contributed by atoms with Crippen LogP contribution in [0.3, 0.4) is 0 Å². The number of aromatic nitrogens is 1. The van der Waals surface area contributed by atoms with Crippen LogP contribution in [0.4, 0.5) is 0 Å². The predicted molar refractivity (Wildman–Crippen MR) is 105 cm³/mol. The van der Waals surface area contributed by atoms with Gasteiger partial charge in [0, 0.05) is 49.9 Å². The van der Waals surface area contributed by atoms with Crippen LogP contribution in [-0.2, 0) is 11.3 Å². The van der Waals surface area contributed by atoms with Crippen molar-refractivity contribution in [2.45, 2.75) is 27.3 Å². The molecular formula is C21H27N3O3. The second kappa shape index (κ2) is 8.39. The van der Waals surface area contributed by atoms with Crippen LogP contribution < -0.4 is 4.74 Å². The summed E-state index contributed by atoms with van der Waals surface area (Å²) in [6.45, 7) is 9.88. The molecule has 0 N–H and O–H groups in total. The van der Waals surface area contributed by atoms with Crippen molar-refractivity contribution >= 4 is 12.0 Å². The summed E-state index contributed by atoms with van der Waals surface area (Å²) in [6.07, 6.45) is 3.48. The van der Waals surface area contributed by atoms with E-state index in [4.69, 9.17) is 9.26 Å². The largest absolute Gasteiger partial charge is 0.496 e. The molecule has 0 radical (unpaired) electrons. The maximum atomic E-state index is 12.5. The molecule has 0 spiro atoms. The number of hydrogen-bond donors (Lipinski definition) is 0. The van der Waals surface area contributed by atoms with E-state index in [0.29, 0.717) is 0 Å². The lowest BCUT2D eigenvalue weighted by atomic mass is 10.1. The maximum Gasteiger partial charge on any atom is 0.246 e. The molecule has 0 saturated carbocycles. The number of hydrogen-bond acceptors (Lipinski definition) is 5. The van der Waals surface area contributed by atoms with Crippen LogP contribution in [-0.4, -0.2) is 54.2 Å². The van der Waals surface area contributed by atoms with E-state index in [-0.39, 0.29) is 5.91 Å². The quantitative estimate of drug-likeness (QED) is 0.759. The average molecular weight is 369 g/mol. The zero-order chi connectivity index (χ0) is 19.4. The van der Waals surface area contributed by atoms with Crippen molar-refractivity contribution in [3.05, 3.63) is 52.4 Å². The van der Waals surface area contributed by atoms with E-state index in [0.717, 1.165) is 66.6 Å². The van der Waals surface area contributed by atoms with E-state index in [2.05, 4.69) is 10.1 Å². The first kappa shape index (κ1) is 19.2. The lowest BCUT2D eigenvalue weighted by Gasteiger charge is -2.34. The lowest BCUT2D eigenvalue weighted by Crippen LogP contribution is -2.47. The van der Waals surface area contributed by atoms with Crippen LogP contribution in [0.1, 0.15) is 28.1 Å². The van der Waals surface area contributed by atoms with Gasteiger partial charge in [-0.1, -0.05) is 16.8 Å². The number of rotatable bonds is 5. The van der Waals surface area contributed by atoms with Gasteiger partial charge in [0.05, 0.1) is 12.8 Å². The standard InChI is InChI=1S/C21H27N3O3/c1-15-5-7-20(26-4)18(13-15)6-8-21(25)24-11-9-23(10-12-24)14-19-16(2)22-27-17(19)3/h5-8,13H,9-12,14H2,1-4H3/b8-6+. The van der Waals surface area contributed by atoms with E-state index in [1.54, 1.807) is 13.2 Å². The van der Waals surface area contributed by atoms with Crippen LogP contribution in [0.15, 0.2) is 28.8 Å². The molecule has 2 aromatic rings. The number of ether oxygens (including phenoxy) is 1. The molecule has 1 aliphatic heterocycles. The highest BCUT2D eigenvalue weighted by molar-refractivity contribution is 5.92. The minimum atomic E-state index is 0.0375. The van der Waals surface area contributed by atoms with Gasteiger partial charge in [0.2, 0.25) is 5.91 Å². The monoisotopic (exact) mass is 369 g/mol. The highest BCUT2D eigenvalue weighted by atomic mass is 16.5.